The van der Waals surface area contributed by atoms with Crippen LogP contribution in [-0.2, 0) is 11.2 Å². The second-order valence-electron chi connectivity index (χ2n) is 5.19. The van der Waals surface area contributed by atoms with Gasteiger partial charge in [-0.25, -0.2) is 8.78 Å². The number of hydrogen-bond donors (Lipinski definition) is 2. The van der Waals surface area contributed by atoms with Crippen molar-refractivity contribution in [1.29, 1.82) is 0 Å². The van der Waals surface area contributed by atoms with Gasteiger partial charge >= 0.3 is 0 Å². The van der Waals surface area contributed by atoms with E-state index in [4.69, 9.17) is 0 Å². The van der Waals surface area contributed by atoms with E-state index in [9.17, 15) is 13.6 Å². The first-order chi connectivity index (χ1) is 10.5. The summed E-state index contributed by atoms with van der Waals surface area (Å²) in [4.78, 5) is 14.6. The van der Waals surface area contributed by atoms with E-state index in [1.54, 1.807) is 11.8 Å². The molecule has 3 nitrogen and oxygen atoms in total. The molecule has 0 atom stereocenters. The minimum atomic E-state index is -0.593. The highest BCUT2D eigenvalue weighted by Gasteiger charge is 2.13. The minimum absolute atomic E-state index is 0.00620. The number of hydrogen-bond acceptors (Lipinski definition) is 2. The predicted octanol–water partition coefficient (Wildman–Crippen LogP) is 3.56. The summed E-state index contributed by atoms with van der Waals surface area (Å²) >= 11 is 1.60. The van der Waals surface area contributed by atoms with Crippen LogP contribution in [0.4, 0.5) is 8.78 Å². The third kappa shape index (κ3) is 4.00. The number of aromatic nitrogens is 1. The maximum Gasteiger partial charge on any atom is 0.230 e. The molecule has 120 valence electrons. The monoisotopic (exact) mass is 326 g/mol. The number of carbonyl (C=O) groups is 1. The lowest BCUT2D eigenvalue weighted by Crippen LogP contribution is -2.27. The Hall–Kier alpha value is -1.56. The molecule has 0 saturated heterocycles. The number of aromatic amines is 1. The van der Waals surface area contributed by atoms with Gasteiger partial charge in [0.05, 0.1) is 11.3 Å². The molecule has 0 unspecified atom stereocenters. The van der Waals surface area contributed by atoms with Crippen LogP contribution in [0.15, 0.2) is 12.1 Å². The highest BCUT2D eigenvalue weighted by Crippen LogP contribution is 2.25. The van der Waals surface area contributed by atoms with E-state index in [0.717, 1.165) is 29.5 Å². The number of aryl methyl sites for hydroxylation is 1. The Morgan fingerprint density at radius 2 is 2.14 bits per heavy atom. The van der Waals surface area contributed by atoms with Crippen LogP contribution in [0.3, 0.4) is 0 Å². The van der Waals surface area contributed by atoms with E-state index in [2.05, 4.69) is 17.2 Å². The van der Waals surface area contributed by atoms with E-state index in [0.29, 0.717) is 29.6 Å². The second kappa shape index (κ2) is 7.63. The largest absolute Gasteiger partial charge is 0.356 e. The molecule has 1 aromatic carbocycles. The number of fused-ring (bicyclic) bond motifs is 1. The van der Waals surface area contributed by atoms with Gasteiger partial charge in [0.1, 0.15) is 11.6 Å². The molecule has 0 aliphatic rings. The molecule has 6 heteroatoms. The van der Waals surface area contributed by atoms with E-state index >= 15 is 0 Å². The molecule has 2 rings (SSSR count). The molecule has 0 radical (unpaired) electrons. The fourth-order valence-electron chi connectivity index (χ4n) is 2.41. The maximum absolute atomic E-state index is 13.7. The topological polar surface area (TPSA) is 44.9 Å². The van der Waals surface area contributed by atoms with Gasteiger partial charge in [0.15, 0.2) is 0 Å². The average Bonchev–Trinajstić information content (AvgIpc) is 2.76. The van der Waals surface area contributed by atoms with Crippen LogP contribution in [0.25, 0.3) is 10.9 Å². The zero-order valence-corrected chi connectivity index (χ0v) is 13.6. The fourth-order valence-corrected chi connectivity index (χ4v) is 3.13. The van der Waals surface area contributed by atoms with Gasteiger partial charge in [0.25, 0.3) is 0 Å². The van der Waals surface area contributed by atoms with Crippen molar-refractivity contribution in [3.63, 3.8) is 0 Å². The molecule has 2 N–H and O–H groups in total. The quantitative estimate of drug-likeness (QED) is 0.764. The number of nitrogens with one attached hydrogen (secondary N) is 2. The summed E-state index contributed by atoms with van der Waals surface area (Å²) in [6.45, 7) is 4.35. The Kier molecular flexibility index (Phi) is 5.83. The Morgan fingerprint density at radius 1 is 1.36 bits per heavy atom. The van der Waals surface area contributed by atoms with Gasteiger partial charge in [0.2, 0.25) is 5.91 Å². The molecule has 1 amide bonds. The van der Waals surface area contributed by atoms with Crippen molar-refractivity contribution < 1.29 is 13.6 Å². The standard InChI is InChI=1S/C16H20F2N2OS/c1-3-6-22-9-15(21)19-5-4-12-10(2)20-16-13(12)7-11(17)8-14(16)18/h7-8,20H,3-6,9H2,1-2H3,(H,19,21). The van der Waals surface area contributed by atoms with Gasteiger partial charge < -0.3 is 10.3 Å². The first kappa shape index (κ1) is 16.8. The lowest BCUT2D eigenvalue weighted by molar-refractivity contribution is -0.118. The van der Waals surface area contributed by atoms with Crippen LogP contribution in [-0.4, -0.2) is 28.9 Å². The van der Waals surface area contributed by atoms with Gasteiger partial charge in [-0.2, -0.15) is 11.8 Å². The van der Waals surface area contributed by atoms with Crippen molar-refractivity contribution in [3.8, 4) is 0 Å². The summed E-state index contributed by atoms with van der Waals surface area (Å²) in [7, 11) is 0. The Labute approximate surface area is 132 Å². The normalized spacial score (nSPS) is 11.1. The second-order valence-corrected chi connectivity index (χ2v) is 6.30. The molecule has 22 heavy (non-hydrogen) atoms. The van der Waals surface area contributed by atoms with E-state index < -0.39 is 11.6 Å². The van der Waals surface area contributed by atoms with Gasteiger partial charge in [0, 0.05) is 23.7 Å². The Bertz CT molecular complexity index is 670. The van der Waals surface area contributed by atoms with Crippen LogP contribution >= 0.6 is 11.8 Å². The third-order valence-corrected chi connectivity index (χ3v) is 4.59. The number of thioether (sulfide) groups is 1. The summed E-state index contributed by atoms with van der Waals surface area (Å²) in [5.41, 5.74) is 1.96. The van der Waals surface area contributed by atoms with Gasteiger partial charge in [-0.05, 0) is 37.1 Å². The lowest BCUT2D eigenvalue weighted by Gasteiger charge is -2.05. The van der Waals surface area contributed by atoms with Gasteiger partial charge in [-0.15, -0.1) is 0 Å². The van der Waals surface area contributed by atoms with Crippen molar-refractivity contribution in [2.45, 2.75) is 26.7 Å². The summed E-state index contributed by atoms with van der Waals surface area (Å²) in [6.07, 6.45) is 1.59. The van der Waals surface area contributed by atoms with Gasteiger partial charge in [-0.1, -0.05) is 6.92 Å². The maximum atomic E-state index is 13.7. The van der Waals surface area contributed by atoms with Gasteiger partial charge in [-0.3, -0.25) is 4.79 Å². The van der Waals surface area contributed by atoms with Crippen LogP contribution in [0.5, 0.6) is 0 Å². The molecule has 0 bridgehead atoms. The molecule has 1 aromatic heterocycles. The summed E-state index contributed by atoms with van der Waals surface area (Å²) in [6, 6.07) is 2.20. The first-order valence-corrected chi connectivity index (χ1v) is 8.49. The minimum Gasteiger partial charge on any atom is -0.356 e. The van der Waals surface area contributed by atoms with Crippen molar-refractivity contribution >= 4 is 28.6 Å². The molecule has 0 saturated carbocycles. The molecule has 0 aliphatic carbocycles. The summed E-state index contributed by atoms with van der Waals surface area (Å²) < 4.78 is 27.1. The average molecular weight is 326 g/mol. The zero-order chi connectivity index (χ0) is 16.1. The van der Waals surface area contributed by atoms with Crippen molar-refractivity contribution in [2.75, 3.05) is 18.1 Å². The Balaban J connectivity index is 2.00. The third-order valence-electron chi connectivity index (χ3n) is 3.42. The van der Waals surface area contributed by atoms with Crippen molar-refractivity contribution in [2.24, 2.45) is 0 Å². The van der Waals surface area contributed by atoms with Crippen molar-refractivity contribution in [3.05, 3.63) is 35.0 Å². The molecule has 0 aliphatic heterocycles. The molecule has 0 spiro atoms. The fraction of sp³-hybridized carbons (Fsp3) is 0.438. The van der Waals surface area contributed by atoms with Crippen LogP contribution in [0.1, 0.15) is 24.6 Å². The number of amides is 1. The zero-order valence-electron chi connectivity index (χ0n) is 12.8. The SMILES string of the molecule is CCCSCC(=O)NCCc1c(C)[nH]c2c(F)cc(F)cc12. The number of rotatable bonds is 7. The first-order valence-electron chi connectivity index (χ1n) is 7.33. The van der Waals surface area contributed by atoms with E-state index in [1.165, 1.54) is 6.07 Å². The Morgan fingerprint density at radius 3 is 2.86 bits per heavy atom. The summed E-state index contributed by atoms with van der Waals surface area (Å²) in [5.74, 6) is 0.222. The highest BCUT2D eigenvalue weighted by atomic mass is 32.2. The van der Waals surface area contributed by atoms with Crippen LogP contribution in [0, 0.1) is 18.6 Å². The number of halogens is 2. The molecule has 0 fully saturated rings. The lowest BCUT2D eigenvalue weighted by atomic mass is 10.1. The van der Waals surface area contributed by atoms with E-state index in [-0.39, 0.29) is 5.91 Å². The van der Waals surface area contributed by atoms with Crippen LogP contribution < -0.4 is 5.32 Å². The van der Waals surface area contributed by atoms with Crippen molar-refractivity contribution in [1.82, 2.24) is 10.3 Å². The number of carbonyl (C=O) groups excluding carboxylic acids is 1. The summed E-state index contributed by atoms with van der Waals surface area (Å²) in [5, 5.41) is 3.39. The molecular formula is C16H20F2N2OS. The molecular weight excluding hydrogens is 306 g/mol. The predicted molar refractivity (Wildman–Crippen MR) is 87.3 cm³/mol. The number of benzene rings is 1. The molecule has 1 heterocycles. The van der Waals surface area contributed by atoms with E-state index in [1.807, 2.05) is 6.92 Å². The molecule has 2 aromatic rings. The number of H-pyrrole nitrogens is 1. The smallest absolute Gasteiger partial charge is 0.230 e. The van der Waals surface area contributed by atoms with Crippen LogP contribution in [0.2, 0.25) is 0 Å². The highest BCUT2D eigenvalue weighted by molar-refractivity contribution is 7.99.